The number of likely N-dealkylation sites (tertiary alicyclic amines) is 1. The molecular formula is C11H25N3O2S. The number of rotatable bonds is 6. The molecule has 1 fully saturated rings. The highest BCUT2D eigenvalue weighted by molar-refractivity contribution is 7.90. The van der Waals surface area contributed by atoms with Crippen LogP contribution in [0.4, 0.5) is 0 Å². The summed E-state index contributed by atoms with van der Waals surface area (Å²) >= 11 is 0. The summed E-state index contributed by atoms with van der Waals surface area (Å²) in [5, 5.41) is 2.52. The molecule has 0 aromatic heterocycles. The molecular weight excluding hydrogens is 238 g/mol. The third kappa shape index (κ3) is 4.91. The Hall–Kier alpha value is -0.170. The highest BCUT2D eigenvalue weighted by atomic mass is 32.2. The van der Waals surface area contributed by atoms with Crippen molar-refractivity contribution < 1.29 is 8.42 Å². The summed E-state index contributed by atoms with van der Waals surface area (Å²) in [7, 11) is 0.712. The van der Waals surface area contributed by atoms with Crippen LogP contribution < -0.4 is 10.0 Å². The van der Waals surface area contributed by atoms with Crippen LogP contribution >= 0.6 is 0 Å². The number of hydrogen-bond acceptors (Lipinski definition) is 4. The first-order chi connectivity index (χ1) is 7.95. The fourth-order valence-electron chi connectivity index (χ4n) is 2.04. The predicted molar refractivity (Wildman–Crippen MR) is 70.5 cm³/mol. The van der Waals surface area contributed by atoms with Gasteiger partial charge in [-0.15, -0.1) is 0 Å². The van der Waals surface area contributed by atoms with Crippen molar-refractivity contribution in [1.29, 1.82) is 0 Å². The van der Waals surface area contributed by atoms with Crippen molar-refractivity contribution in [2.45, 2.75) is 25.0 Å². The lowest BCUT2D eigenvalue weighted by atomic mass is 9.98. The Balaban J connectivity index is 2.34. The lowest BCUT2D eigenvalue weighted by Crippen LogP contribution is -2.42. The van der Waals surface area contributed by atoms with Crippen LogP contribution in [0.1, 0.15) is 19.8 Å². The molecule has 0 bridgehead atoms. The van der Waals surface area contributed by atoms with Crippen molar-refractivity contribution >= 4 is 10.0 Å². The highest BCUT2D eigenvalue weighted by Gasteiger charge is 2.22. The fraction of sp³-hybridized carbons (Fsp3) is 1.00. The van der Waals surface area contributed by atoms with Gasteiger partial charge in [-0.2, -0.15) is 0 Å². The molecule has 0 spiro atoms. The highest BCUT2D eigenvalue weighted by Crippen LogP contribution is 2.15. The van der Waals surface area contributed by atoms with Crippen LogP contribution in [0.2, 0.25) is 0 Å². The molecule has 2 N–H and O–H groups in total. The van der Waals surface area contributed by atoms with E-state index in [9.17, 15) is 8.42 Å². The summed E-state index contributed by atoms with van der Waals surface area (Å²) in [6.07, 6.45) is 2.17. The molecule has 0 aliphatic carbocycles. The summed E-state index contributed by atoms with van der Waals surface area (Å²) in [6.45, 7) is 4.94. The molecule has 1 unspecified atom stereocenters. The molecule has 0 aromatic rings. The van der Waals surface area contributed by atoms with Crippen molar-refractivity contribution in [3.8, 4) is 0 Å². The van der Waals surface area contributed by atoms with Gasteiger partial charge in [-0.05, 0) is 52.9 Å². The average molecular weight is 263 g/mol. The maximum absolute atomic E-state index is 11.9. The third-order valence-corrected chi connectivity index (χ3v) is 5.23. The molecule has 1 rings (SSSR count). The van der Waals surface area contributed by atoms with E-state index < -0.39 is 10.0 Å². The molecule has 1 atom stereocenters. The average Bonchev–Trinajstić information content (AvgIpc) is 2.29. The molecule has 102 valence electrons. The first-order valence-electron chi connectivity index (χ1n) is 6.27. The van der Waals surface area contributed by atoms with E-state index in [1.807, 2.05) is 0 Å². The van der Waals surface area contributed by atoms with Crippen molar-refractivity contribution in [2.75, 3.05) is 40.3 Å². The monoisotopic (exact) mass is 263 g/mol. The molecule has 0 amide bonds. The number of hydrogen-bond donors (Lipinski definition) is 2. The van der Waals surface area contributed by atoms with Crippen LogP contribution in [0, 0.1) is 5.92 Å². The predicted octanol–water partition coefficient (Wildman–Crippen LogP) is -0.144. The molecule has 6 heteroatoms. The molecule has 5 nitrogen and oxygen atoms in total. The lowest BCUT2D eigenvalue weighted by molar-refractivity contribution is 0.220. The minimum absolute atomic E-state index is 0.376. The third-order valence-electron chi connectivity index (χ3n) is 3.43. The molecule has 1 saturated heterocycles. The Kier molecular flexibility index (Phi) is 5.85. The van der Waals surface area contributed by atoms with Crippen LogP contribution in [-0.4, -0.2) is 58.8 Å². The van der Waals surface area contributed by atoms with Crippen LogP contribution in [0.5, 0.6) is 0 Å². The van der Waals surface area contributed by atoms with E-state index in [2.05, 4.69) is 22.0 Å². The normalized spacial score (nSPS) is 21.6. The van der Waals surface area contributed by atoms with E-state index in [0.717, 1.165) is 25.9 Å². The van der Waals surface area contributed by atoms with Gasteiger partial charge in [-0.25, -0.2) is 13.1 Å². The van der Waals surface area contributed by atoms with Crippen LogP contribution in [0.15, 0.2) is 0 Å². The Labute approximate surface area is 105 Å². The Morgan fingerprint density at radius 2 is 1.94 bits per heavy atom. The van der Waals surface area contributed by atoms with Gasteiger partial charge in [0, 0.05) is 13.1 Å². The molecule has 0 aromatic carbocycles. The zero-order valence-corrected chi connectivity index (χ0v) is 11.9. The molecule has 17 heavy (non-hydrogen) atoms. The molecule has 1 aliphatic rings. The Bertz CT molecular complexity index is 311. The zero-order valence-electron chi connectivity index (χ0n) is 11.1. The Morgan fingerprint density at radius 3 is 2.47 bits per heavy atom. The van der Waals surface area contributed by atoms with Gasteiger partial charge in [0.25, 0.3) is 0 Å². The van der Waals surface area contributed by atoms with Crippen LogP contribution in [0.25, 0.3) is 0 Å². The smallest absolute Gasteiger partial charge is 0.215 e. The SMILES string of the molecule is CNCC(C)S(=O)(=O)NCC1CCN(C)CC1. The van der Waals surface area contributed by atoms with Gasteiger partial charge in [-0.3, -0.25) is 0 Å². The first-order valence-corrected chi connectivity index (χ1v) is 7.82. The van der Waals surface area contributed by atoms with Crippen LogP contribution in [-0.2, 0) is 10.0 Å². The van der Waals surface area contributed by atoms with E-state index in [1.54, 1.807) is 14.0 Å². The van der Waals surface area contributed by atoms with Crippen molar-refractivity contribution in [3.05, 3.63) is 0 Å². The van der Waals surface area contributed by atoms with E-state index in [4.69, 9.17) is 0 Å². The maximum atomic E-state index is 11.9. The standard InChI is InChI=1S/C11H25N3O2S/c1-10(8-12-2)17(15,16)13-9-11-4-6-14(3)7-5-11/h10-13H,4-9H2,1-3H3. The second-order valence-electron chi connectivity index (χ2n) is 5.01. The minimum Gasteiger partial charge on any atom is -0.318 e. The number of nitrogens with zero attached hydrogens (tertiary/aromatic N) is 1. The second-order valence-corrected chi connectivity index (χ2v) is 7.19. The van der Waals surface area contributed by atoms with Crippen molar-refractivity contribution in [3.63, 3.8) is 0 Å². The summed E-state index contributed by atoms with van der Waals surface area (Å²) in [6, 6.07) is 0. The lowest BCUT2D eigenvalue weighted by Gasteiger charge is -2.29. The topological polar surface area (TPSA) is 61.4 Å². The molecule has 1 aliphatic heterocycles. The van der Waals surface area contributed by atoms with E-state index in [1.165, 1.54) is 0 Å². The summed E-state index contributed by atoms with van der Waals surface area (Å²) in [5.41, 5.74) is 0. The maximum Gasteiger partial charge on any atom is 0.215 e. The van der Waals surface area contributed by atoms with E-state index in [0.29, 0.717) is 19.0 Å². The quantitative estimate of drug-likeness (QED) is 0.700. The molecule has 0 saturated carbocycles. The van der Waals surface area contributed by atoms with Gasteiger partial charge in [0.2, 0.25) is 10.0 Å². The fourth-order valence-corrected chi connectivity index (χ4v) is 3.18. The van der Waals surface area contributed by atoms with E-state index in [-0.39, 0.29) is 5.25 Å². The summed E-state index contributed by atoms with van der Waals surface area (Å²) < 4.78 is 26.5. The van der Waals surface area contributed by atoms with Gasteiger partial charge < -0.3 is 10.2 Å². The van der Waals surface area contributed by atoms with Crippen molar-refractivity contribution in [2.24, 2.45) is 5.92 Å². The van der Waals surface area contributed by atoms with Gasteiger partial charge in [0.05, 0.1) is 5.25 Å². The largest absolute Gasteiger partial charge is 0.318 e. The second kappa shape index (κ2) is 6.68. The Morgan fingerprint density at radius 1 is 1.35 bits per heavy atom. The molecule has 1 heterocycles. The number of piperidine rings is 1. The first kappa shape index (κ1) is 14.9. The number of sulfonamides is 1. The van der Waals surface area contributed by atoms with Gasteiger partial charge >= 0.3 is 0 Å². The van der Waals surface area contributed by atoms with Gasteiger partial charge in [-0.1, -0.05) is 0 Å². The van der Waals surface area contributed by atoms with Crippen LogP contribution in [0.3, 0.4) is 0 Å². The van der Waals surface area contributed by atoms with Crippen molar-refractivity contribution in [1.82, 2.24) is 14.9 Å². The zero-order chi connectivity index (χ0) is 12.9. The van der Waals surface area contributed by atoms with Gasteiger partial charge in [0.1, 0.15) is 0 Å². The summed E-state index contributed by atoms with van der Waals surface area (Å²) in [5.74, 6) is 0.489. The summed E-state index contributed by atoms with van der Waals surface area (Å²) in [4.78, 5) is 2.29. The molecule has 0 radical (unpaired) electrons. The number of nitrogens with one attached hydrogen (secondary N) is 2. The minimum atomic E-state index is -3.16. The van der Waals surface area contributed by atoms with E-state index >= 15 is 0 Å². The van der Waals surface area contributed by atoms with Gasteiger partial charge in [0.15, 0.2) is 0 Å².